The normalized spacial score (nSPS) is 15.5. The highest BCUT2D eigenvalue weighted by atomic mass is 35.5. The van der Waals surface area contributed by atoms with E-state index in [4.69, 9.17) is 11.6 Å². The number of aromatic nitrogens is 2. The van der Waals surface area contributed by atoms with Crippen LogP contribution in [0.5, 0.6) is 0 Å². The van der Waals surface area contributed by atoms with Gasteiger partial charge in [0.1, 0.15) is 11.6 Å². The molecule has 0 aliphatic heterocycles. The maximum atomic E-state index is 13.7. The van der Waals surface area contributed by atoms with E-state index in [0.29, 0.717) is 17.1 Å². The average molecular weight is 476 g/mol. The highest BCUT2D eigenvalue weighted by Gasteiger charge is 2.30. The van der Waals surface area contributed by atoms with Crippen LogP contribution in [-0.4, -0.2) is 27.6 Å². The number of anilines is 1. The first-order valence-corrected chi connectivity index (χ1v) is 10.7. The number of halogens is 4. The van der Waals surface area contributed by atoms with Gasteiger partial charge in [-0.15, -0.1) is 0 Å². The van der Waals surface area contributed by atoms with Crippen molar-refractivity contribution in [2.45, 2.75) is 38.1 Å². The van der Waals surface area contributed by atoms with Crippen molar-refractivity contribution in [2.75, 3.05) is 5.32 Å². The van der Waals surface area contributed by atoms with Gasteiger partial charge in [0.05, 0.1) is 5.69 Å². The summed E-state index contributed by atoms with van der Waals surface area (Å²) >= 11 is 5.93. The number of nitrogens with one attached hydrogen (secondary N) is 3. The highest BCUT2D eigenvalue weighted by molar-refractivity contribution is 6.30. The summed E-state index contributed by atoms with van der Waals surface area (Å²) in [6.07, 6.45) is 3.82. The Bertz CT molecular complexity index is 1200. The van der Waals surface area contributed by atoms with E-state index in [-0.39, 0.29) is 22.1 Å². The Hall–Kier alpha value is -3.33. The first-order valence-electron chi connectivity index (χ1n) is 10.4. The van der Waals surface area contributed by atoms with Gasteiger partial charge in [0.15, 0.2) is 11.6 Å². The van der Waals surface area contributed by atoms with Gasteiger partial charge in [-0.3, -0.25) is 9.89 Å². The number of carbonyl (C=O) groups excluding carboxylic acids is 1. The second-order valence-electron chi connectivity index (χ2n) is 8.24. The third kappa shape index (κ3) is 5.54. The predicted molar refractivity (Wildman–Crippen MR) is 121 cm³/mol. The molecule has 0 atom stereocenters. The van der Waals surface area contributed by atoms with Crippen LogP contribution in [0.2, 0.25) is 5.02 Å². The Balaban J connectivity index is 1.61. The zero-order valence-electron chi connectivity index (χ0n) is 17.7. The third-order valence-corrected chi connectivity index (χ3v) is 5.71. The van der Waals surface area contributed by atoms with E-state index in [0.717, 1.165) is 37.8 Å². The lowest BCUT2D eigenvalue weighted by Crippen LogP contribution is -2.47. The summed E-state index contributed by atoms with van der Waals surface area (Å²) in [6.45, 7) is 2.02. The van der Waals surface area contributed by atoms with Crippen LogP contribution < -0.4 is 10.6 Å². The van der Waals surface area contributed by atoms with Crippen molar-refractivity contribution in [3.8, 4) is 11.3 Å². The van der Waals surface area contributed by atoms with Crippen molar-refractivity contribution in [1.29, 1.82) is 0 Å². The Morgan fingerprint density at radius 1 is 1.09 bits per heavy atom. The van der Waals surface area contributed by atoms with Gasteiger partial charge in [0, 0.05) is 27.8 Å². The molecule has 3 N–H and O–H groups in total. The Kier molecular flexibility index (Phi) is 6.42. The molecular weight excluding hydrogens is 455 g/mol. The maximum absolute atomic E-state index is 13.7. The molecule has 33 heavy (non-hydrogen) atoms. The van der Waals surface area contributed by atoms with Crippen molar-refractivity contribution >= 4 is 29.3 Å². The monoisotopic (exact) mass is 475 g/mol. The Morgan fingerprint density at radius 2 is 1.85 bits per heavy atom. The van der Waals surface area contributed by atoms with E-state index < -0.39 is 23.4 Å². The third-order valence-electron chi connectivity index (χ3n) is 5.50. The number of nitrogens with zero attached hydrogens (tertiary/aromatic N) is 2. The van der Waals surface area contributed by atoms with Crippen molar-refractivity contribution in [3.63, 3.8) is 0 Å². The molecule has 1 aliphatic rings. The van der Waals surface area contributed by atoms with Crippen molar-refractivity contribution < 1.29 is 18.0 Å². The molecule has 10 heteroatoms. The molecule has 1 heterocycles. The fourth-order valence-electron chi connectivity index (χ4n) is 3.81. The standard InChI is InChI=1S/C23H21ClF3N5O/c1-23(6-2-3-7-23)30-22(29-21(33)13-4-5-17(26)18(27)10-13)28-20-12-19(31-32-20)14-8-15(24)11-16(25)9-14/h4-5,8-12H,2-3,6-7H2,1H3,(H3,28,29,30,31,32,33). The highest BCUT2D eigenvalue weighted by Crippen LogP contribution is 2.29. The number of aliphatic imine (C=N–C) groups is 1. The van der Waals surface area contributed by atoms with E-state index in [1.54, 1.807) is 12.1 Å². The predicted octanol–water partition coefficient (Wildman–Crippen LogP) is 5.68. The number of rotatable bonds is 4. The number of carbonyl (C=O) groups is 1. The summed E-state index contributed by atoms with van der Waals surface area (Å²) in [5.74, 6) is -2.91. The minimum atomic E-state index is -1.13. The number of aromatic amines is 1. The van der Waals surface area contributed by atoms with Gasteiger partial charge < -0.3 is 10.6 Å². The van der Waals surface area contributed by atoms with E-state index in [9.17, 15) is 18.0 Å². The number of hydrogen-bond donors (Lipinski definition) is 3. The van der Waals surface area contributed by atoms with E-state index >= 15 is 0 Å². The molecule has 2 aromatic carbocycles. The van der Waals surface area contributed by atoms with E-state index in [1.165, 1.54) is 18.2 Å². The van der Waals surface area contributed by atoms with Gasteiger partial charge >= 0.3 is 0 Å². The molecule has 0 unspecified atom stereocenters. The van der Waals surface area contributed by atoms with Crippen LogP contribution in [0.4, 0.5) is 19.0 Å². The number of benzene rings is 2. The lowest BCUT2D eigenvalue weighted by atomic mass is 10.0. The summed E-state index contributed by atoms with van der Waals surface area (Å²) in [5.41, 5.74) is 0.513. The molecule has 4 rings (SSSR count). The summed E-state index contributed by atoms with van der Waals surface area (Å²) in [6, 6.07) is 8.52. The maximum Gasteiger partial charge on any atom is 0.280 e. The number of H-pyrrole nitrogens is 1. The second-order valence-corrected chi connectivity index (χ2v) is 8.67. The van der Waals surface area contributed by atoms with Crippen LogP contribution in [-0.2, 0) is 0 Å². The SMILES string of the molecule is CC1(N/C(=N/C(=O)c2ccc(F)c(F)c2)Nc2cc(-c3cc(F)cc(Cl)c3)n[nH]2)CCCC1. The van der Waals surface area contributed by atoms with Crippen molar-refractivity contribution in [2.24, 2.45) is 4.99 Å². The van der Waals surface area contributed by atoms with Gasteiger partial charge in [-0.2, -0.15) is 10.1 Å². The zero-order chi connectivity index (χ0) is 23.6. The molecule has 1 aromatic heterocycles. The van der Waals surface area contributed by atoms with Crippen LogP contribution in [0.1, 0.15) is 43.0 Å². The molecular formula is C23H21ClF3N5O. The molecule has 1 fully saturated rings. The minimum absolute atomic E-state index is 0.0914. The second kappa shape index (κ2) is 9.27. The molecule has 172 valence electrons. The molecule has 0 bridgehead atoms. The quantitative estimate of drug-likeness (QED) is 0.335. The number of hydrogen-bond acceptors (Lipinski definition) is 2. The first-order chi connectivity index (χ1) is 15.7. The topological polar surface area (TPSA) is 82.2 Å². The molecule has 0 radical (unpaired) electrons. The molecule has 1 saturated carbocycles. The van der Waals surface area contributed by atoms with E-state index in [2.05, 4.69) is 25.8 Å². The summed E-state index contributed by atoms with van der Waals surface area (Å²) in [7, 11) is 0. The molecule has 3 aromatic rings. The zero-order valence-corrected chi connectivity index (χ0v) is 18.4. The van der Waals surface area contributed by atoms with Crippen LogP contribution in [0.25, 0.3) is 11.3 Å². The van der Waals surface area contributed by atoms with Gasteiger partial charge in [-0.05, 0) is 56.2 Å². The van der Waals surface area contributed by atoms with Crippen molar-refractivity contribution in [1.82, 2.24) is 15.5 Å². The number of amides is 1. The van der Waals surface area contributed by atoms with Gasteiger partial charge in [0.2, 0.25) is 5.96 Å². The largest absolute Gasteiger partial charge is 0.351 e. The van der Waals surface area contributed by atoms with E-state index in [1.807, 2.05) is 6.92 Å². The number of guanidine groups is 1. The Morgan fingerprint density at radius 3 is 2.55 bits per heavy atom. The first kappa shape index (κ1) is 22.8. The lowest BCUT2D eigenvalue weighted by molar-refractivity contribution is 0.100. The minimum Gasteiger partial charge on any atom is -0.351 e. The smallest absolute Gasteiger partial charge is 0.280 e. The van der Waals surface area contributed by atoms with Crippen LogP contribution in [0, 0.1) is 17.5 Å². The van der Waals surface area contributed by atoms with Crippen LogP contribution >= 0.6 is 11.6 Å². The summed E-state index contributed by atoms with van der Waals surface area (Å²) in [4.78, 5) is 16.7. The van der Waals surface area contributed by atoms with Crippen molar-refractivity contribution in [3.05, 3.63) is 70.5 Å². The average Bonchev–Trinajstić information content (AvgIpc) is 3.38. The molecule has 1 aliphatic carbocycles. The van der Waals surface area contributed by atoms with Crippen LogP contribution in [0.15, 0.2) is 47.5 Å². The Labute approximate surface area is 193 Å². The molecule has 1 amide bonds. The molecule has 0 saturated heterocycles. The summed E-state index contributed by atoms with van der Waals surface area (Å²) < 4.78 is 40.5. The molecule has 6 nitrogen and oxygen atoms in total. The molecule has 0 spiro atoms. The van der Waals surface area contributed by atoms with Gasteiger partial charge in [-0.1, -0.05) is 24.4 Å². The fraction of sp³-hybridized carbons (Fsp3) is 0.261. The van der Waals surface area contributed by atoms with Gasteiger partial charge in [0.25, 0.3) is 5.91 Å². The summed E-state index contributed by atoms with van der Waals surface area (Å²) in [5, 5.41) is 13.4. The van der Waals surface area contributed by atoms with Crippen LogP contribution in [0.3, 0.4) is 0 Å². The lowest BCUT2D eigenvalue weighted by Gasteiger charge is -2.27. The fourth-order valence-corrected chi connectivity index (χ4v) is 4.03. The van der Waals surface area contributed by atoms with Gasteiger partial charge in [-0.25, -0.2) is 13.2 Å².